The molecule has 8 heteroatoms. The monoisotopic (exact) mass is 332 g/mol. The van der Waals surface area contributed by atoms with E-state index in [-0.39, 0.29) is 5.16 Å². The van der Waals surface area contributed by atoms with Crippen LogP contribution in [0.2, 0.25) is 0 Å². The molecule has 0 saturated heterocycles. The van der Waals surface area contributed by atoms with Gasteiger partial charge in [-0.3, -0.25) is 0 Å². The lowest BCUT2D eigenvalue weighted by molar-refractivity contribution is 0.0814. The fourth-order valence-electron chi connectivity index (χ4n) is 2.48. The van der Waals surface area contributed by atoms with Gasteiger partial charge in [-0.15, -0.1) is 0 Å². The molecule has 0 aliphatic carbocycles. The molecule has 120 valence electrons. The lowest BCUT2D eigenvalue weighted by atomic mass is 10.2. The van der Waals surface area contributed by atoms with Crippen molar-refractivity contribution < 1.29 is 26.6 Å². The standard InChI is InChI=1S/C13H24O6Si2/c1-14-20(15-2,16-3)13(12-10-8-7-9-11-12)21(17-4,18-5)19-6/h7-11,13H,1-6H3. The number of hydrogen-bond acceptors (Lipinski definition) is 6. The third-order valence-corrected chi connectivity index (χ3v) is 11.2. The van der Waals surface area contributed by atoms with Crippen molar-refractivity contribution in [2.24, 2.45) is 0 Å². The van der Waals surface area contributed by atoms with Crippen LogP contribution in [-0.2, 0) is 26.6 Å². The number of benzene rings is 1. The molecule has 0 N–H and O–H groups in total. The van der Waals surface area contributed by atoms with Gasteiger partial charge in [-0.1, -0.05) is 30.3 Å². The Hall–Kier alpha value is -0.586. The van der Waals surface area contributed by atoms with Crippen LogP contribution >= 0.6 is 0 Å². The second-order valence-electron chi connectivity index (χ2n) is 4.28. The first-order valence-electron chi connectivity index (χ1n) is 6.45. The predicted molar refractivity (Wildman–Crippen MR) is 82.7 cm³/mol. The molecule has 0 amide bonds. The van der Waals surface area contributed by atoms with Gasteiger partial charge in [0.05, 0.1) is 0 Å². The molecular weight excluding hydrogens is 308 g/mol. The molecule has 0 bridgehead atoms. The summed E-state index contributed by atoms with van der Waals surface area (Å²) in [6.45, 7) is 0. The number of hydrogen-bond donors (Lipinski definition) is 0. The summed E-state index contributed by atoms with van der Waals surface area (Å²) in [6.07, 6.45) is 0. The van der Waals surface area contributed by atoms with Crippen LogP contribution in [-0.4, -0.2) is 60.3 Å². The molecule has 0 aliphatic heterocycles. The summed E-state index contributed by atoms with van der Waals surface area (Å²) in [4.78, 5) is 0. The summed E-state index contributed by atoms with van der Waals surface area (Å²) >= 11 is 0. The first-order valence-corrected chi connectivity index (χ1v) is 10.1. The minimum atomic E-state index is -3.10. The van der Waals surface area contributed by atoms with Gasteiger partial charge in [0.15, 0.2) is 0 Å². The SMILES string of the molecule is CO[Si](OC)(OC)C(c1ccccc1)[Si](OC)(OC)OC. The Morgan fingerprint density at radius 2 is 0.952 bits per heavy atom. The summed E-state index contributed by atoms with van der Waals surface area (Å²) in [5.74, 6) is 0. The van der Waals surface area contributed by atoms with Crippen molar-refractivity contribution >= 4 is 17.6 Å². The van der Waals surface area contributed by atoms with Gasteiger partial charge in [0.25, 0.3) is 0 Å². The maximum absolute atomic E-state index is 5.65. The smallest absolute Gasteiger partial charge is 0.376 e. The van der Waals surface area contributed by atoms with E-state index >= 15 is 0 Å². The van der Waals surface area contributed by atoms with E-state index in [1.807, 2.05) is 30.3 Å². The minimum absolute atomic E-state index is 0.383. The molecular formula is C13H24O6Si2. The average molecular weight is 333 g/mol. The normalized spacial score (nSPS) is 12.9. The zero-order valence-electron chi connectivity index (χ0n) is 13.4. The van der Waals surface area contributed by atoms with Gasteiger partial charge >= 0.3 is 17.6 Å². The lowest BCUT2D eigenvalue weighted by Gasteiger charge is -2.39. The van der Waals surface area contributed by atoms with Crippen LogP contribution in [0.25, 0.3) is 0 Å². The van der Waals surface area contributed by atoms with E-state index < -0.39 is 17.6 Å². The second kappa shape index (κ2) is 8.15. The van der Waals surface area contributed by atoms with Crippen LogP contribution in [0.4, 0.5) is 0 Å². The Kier molecular flexibility index (Phi) is 7.17. The van der Waals surface area contributed by atoms with Crippen molar-refractivity contribution in [2.45, 2.75) is 5.16 Å². The predicted octanol–water partition coefficient (Wildman–Crippen LogP) is 1.60. The molecule has 0 saturated carbocycles. The van der Waals surface area contributed by atoms with Gasteiger partial charge in [0, 0.05) is 42.7 Å². The largest absolute Gasteiger partial charge is 0.512 e. The van der Waals surface area contributed by atoms with Crippen LogP contribution in [0.5, 0.6) is 0 Å². The van der Waals surface area contributed by atoms with Crippen molar-refractivity contribution in [1.29, 1.82) is 0 Å². The fraction of sp³-hybridized carbons (Fsp3) is 0.538. The third kappa shape index (κ3) is 3.43. The second-order valence-corrected chi connectivity index (χ2v) is 10.9. The van der Waals surface area contributed by atoms with Gasteiger partial charge in [-0.25, -0.2) is 0 Å². The molecule has 0 aliphatic rings. The topological polar surface area (TPSA) is 55.4 Å². The van der Waals surface area contributed by atoms with E-state index in [0.717, 1.165) is 5.56 Å². The summed E-state index contributed by atoms with van der Waals surface area (Å²) in [5, 5.41) is -0.383. The summed E-state index contributed by atoms with van der Waals surface area (Å²) in [5.41, 5.74) is 0.937. The quantitative estimate of drug-likeness (QED) is 0.640. The minimum Gasteiger partial charge on any atom is -0.376 e. The maximum Gasteiger partial charge on any atom is 0.512 e. The highest BCUT2D eigenvalue weighted by atomic mass is 28.5. The van der Waals surface area contributed by atoms with E-state index in [4.69, 9.17) is 26.6 Å². The zero-order valence-corrected chi connectivity index (χ0v) is 15.4. The molecule has 1 aromatic carbocycles. The molecule has 6 nitrogen and oxygen atoms in total. The lowest BCUT2D eigenvalue weighted by Crippen LogP contribution is -2.64. The van der Waals surface area contributed by atoms with Crippen LogP contribution in [0.1, 0.15) is 10.7 Å². The van der Waals surface area contributed by atoms with E-state index in [1.54, 1.807) is 42.7 Å². The van der Waals surface area contributed by atoms with E-state index in [9.17, 15) is 0 Å². The first kappa shape index (κ1) is 18.5. The van der Waals surface area contributed by atoms with Crippen molar-refractivity contribution in [3.05, 3.63) is 35.9 Å². The van der Waals surface area contributed by atoms with E-state index in [0.29, 0.717) is 0 Å². The number of rotatable bonds is 9. The van der Waals surface area contributed by atoms with E-state index in [2.05, 4.69) is 0 Å². The average Bonchev–Trinajstić information content (AvgIpc) is 2.57. The molecule has 21 heavy (non-hydrogen) atoms. The highest BCUT2D eigenvalue weighted by molar-refractivity contribution is 6.82. The maximum atomic E-state index is 5.65. The van der Waals surface area contributed by atoms with Crippen LogP contribution in [0.15, 0.2) is 30.3 Å². The van der Waals surface area contributed by atoms with Gasteiger partial charge in [0.2, 0.25) is 0 Å². The Labute approximate surface area is 128 Å². The molecule has 0 radical (unpaired) electrons. The van der Waals surface area contributed by atoms with Gasteiger partial charge < -0.3 is 26.6 Å². The highest BCUT2D eigenvalue weighted by Gasteiger charge is 2.64. The summed E-state index contributed by atoms with van der Waals surface area (Å²) in [7, 11) is 3.19. The van der Waals surface area contributed by atoms with Crippen LogP contribution in [0, 0.1) is 0 Å². The van der Waals surface area contributed by atoms with Crippen molar-refractivity contribution in [1.82, 2.24) is 0 Å². The van der Waals surface area contributed by atoms with Crippen LogP contribution in [0.3, 0.4) is 0 Å². The van der Waals surface area contributed by atoms with Crippen molar-refractivity contribution in [3.8, 4) is 0 Å². The Balaban J connectivity index is 3.49. The molecule has 0 fully saturated rings. The molecule has 1 aromatic rings. The highest BCUT2D eigenvalue weighted by Crippen LogP contribution is 2.37. The van der Waals surface area contributed by atoms with Gasteiger partial charge in [-0.2, -0.15) is 0 Å². The molecule has 0 heterocycles. The van der Waals surface area contributed by atoms with Crippen molar-refractivity contribution in [2.75, 3.05) is 42.7 Å². The summed E-state index contributed by atoms with van der Waals surface area (Å²) in [6, 6.07) is 9.72. The van der Waals surface area contributed by atoms with Gasteiger partial charge in [0.1, 0.15) is 5.16 Å². The van der Waals surface area contributed by atoms with Crippen molar-refractivity contribution in [3.63, 3.8) is 0 Å². The Morgan fingerprint density at radius 1 is 0.619 bits per heavy atom. The molecule has 1 rings (SSSR count). The molecule has 0 atom stereocenters. The summed E-state index contributed by atoms with van der Waals surface area (Å²) < 4.78 is 33.9. The molecule has 0 spiro atoms. The fourth-order valence-corrected chi connectivity index (χ4v) is 9.95. The van der Waals surface area contributed by atoms with Gasteiger partial charge in [-0.05, 0) is 5.56 Å². The molecule has 0 unspecified atom stereocenters. The Morgan fingerprint density at radius 3 is 1.24 bits per heavy atom. The molecule has 0 aromatic heterocycles. The first-order chi connectivity index (χ1) is 10.1. The van der Waals surface area contributed by atoms with E-state index in [1.165, 1.54) is 0 Å². The zero-order chi connectivity index (χ0) is 15.9. The van der Waals surface area contributed by atoms with Crippen LogP contribution < -0.4 is 0 Å². The third-order valence-electron chi connectivity index (χ3n) is 3.55. The Bertz CT molecular complexity index is 372.